The van der Waals surface area contributed by atoms with Crippen LogP contribution in [0.5, 0.6) is 11.5 Å². The minimum atomic E-state index is -0.929. The van der Waals surface area contributed by atoms with Gasteiger partial charge in [0.1, 0.15) is 0 Å². The number of hydrogen-bond acceptors (Lipinski definition) is 10. The summed E-state index contributed by atoms with van der Waals surface area (Å²) in [5, 5.41) is 27.9. The lowest BCUT2D eigenvalue weighted by atomic mass is 10.2. The SMILES string of the molecule is O=C(/C=C/c1ccc(OCCCO[N+](=O)[O-])c(O)c1)OCCCO[N+](=O)[O-]. The van der Waals surface area contributed by atoms with Gasteiger partial charge in [0.05, 0.1) is 26.4 Å². The van der Waals surface area contributed by atoms with Gasteiger partial charge in [-0.15, -0.1) is 20.2 Å². The minimum Gasteiger partial charge on any atom is -0.504 e. The highest BCUT2D eigenvalue weighted by Gasteiger charge is 2.04. The minimum absolute atomic E-state index is 0.0325. The van der Waals surface area contributed by atoms with Gasteiger partial charge in [-0.05, 0) is 23.8 Å². The standard InChI is InChI=1S/C15H18N2O10/c18-13-11-12(3-5-14(13)24-7-1-9-26-16(20)21)4-6-15(19)25-8-2-10-27-17(22)23/h3-6,11,18H,1-2,7-10H2/b6-4+. The van der Waals surface area contributed by atoms with Gasteiger partial charge in [0, 0.05) is 18.9 Å². The monoisotopic (exact) mass is 386 g/mol. The molecule has 12 nitrogen and oxygen atoms in total. The summed E-state index contributed by atoms with van der Waals surface area (Å²) in [6.45, 7) is -0.204. The molecule has 0 spiro atoms. The zero-order valence-electron chi connectivity index (χ0n) is 14.1. The molecule has 12 heteroatoms. The second-order valence-electron chi connectivity index (χ2n) is 4.90. The fourth-order valence-corrected chi connectivity index (χ4v) is 1.72. The van der Waals surface area contributed by atoms with Crippen molar-refractivity contribution in [1.82, 2.24) is 0 Å². The number of carbonyl (C=O) groups excluding carboxylic acids is 1. The number of phenolic OH excluding ortho intramolecular Hbond substituents is 1. The molecule has 0 saturated heterocycles. The van der Waals surface area contributed by atoms with Crippen LogP contribution in [0.2, 0.25) is 0 Å². The highest BCUT2D eigenvalue weighted by atomic mass is 17.0. The Kier molecular flexibility index (Phi) is 9.46. The Bertz CT molecular complexity index is 677. The first-order chi connectivity index (χ1) is 12.9. The maximum atomic E-state index is 11.5. The molecule has 27 heavy (non-hydrogen) atoms. The number of rotatable bonds is 13. The third-order valence-corrected chi connectivity index (χ3v) is 2.87. The smallest absolute Gasteiger partial charge is 0.330 e. The Labute approximate surface area is 153 Å². The molecule has 0 aliphatic heterocycles. The first-order valence-electron chi connectivity index (χ1n) is 7.73. The van der Waals surface area contributed by atoms with Crippen molar-refractivity contribution in [3.8, 4) is 11.5 Å². The van der Waals surface area contributed by atoms with E-state index in [1.165, 1.54) is 18.2 Å². The van der Waals surface area contributed by atoms with Gasteiger partial charge in [-0.3, -0.25) is 0 Å². The number of aromatic hydroxyl groups is 1. The van der Waals surface area contributed by atoms with Gasteiger partial charge >= 0.3 is 5.97 Å². The van der Waals surface area contributed by atoms with Crippen molar-refractivity contribution in [3.05, 3.63) is 50.1 Å². The first-order valence-corrected chi connectivity index (χ1v) is 7.73. The summed E-state index contributed by atoms with van der Waals surface area (Å²) in [7, 11) is 0. The van der Waals surface area contributed by atoms with E-state index in [0.717, 1.165) is 6.08 Å². The lowest BCUT2D eigenvalue weighted by molar-refractivity contribution is -0.757. The number of phenols is 1. The summed E-state index contributed by atoms with van der Waals surface area (Å²) in [4.78, 5) is 39.6. The van der Waals surface area contributed by atoms with Crippen LogP contribution in [0.25, 0.3) is 6.08 Å². The molecule has 0 aliphatic rings. The lowest BCUT2D eigenvalue weighted by Gasteiger charge is -2.08. The van der Waals surface area contributed by atoms with Crippen molar-refractivity contribution < 1.29 is 39.2 Å². The van der Waals surface area contributed by atoms with Crippen molar-refractivity contribution in [2.45, 2.75) is 12.8 Å². The number of nitrogens with zero attached hydrogens (tertiary/aromatic N) is 2. The number of carbonyl (C=O) groups is 1. The molecule has 0 saturated carbocycles. The molecular weight excluding hydrogens is 368 g/mol. The van der Waals surface area contributed by atoms with Gasteiger partial charge in [0.2, 0.25) is 0 Å². The second kappa shape index (κ2) is 11.9. The molecule has 0 heterocycles. The van der Waals surface area contributed by atoms with Gasteiger partial charge in [0.25, 0.3) is 10.2 Å². The molecular formula is C15H18N2O10. The van der Waals surface area contributed by atoms with E-state index in [-0.39, 0.29) is 50.8 Å². The van der Waals surface area contributed by atoms with Gasteiger partial charge in [0.15, 0.2) is 11.5 Å². The van der Waals surface area contributed by atoms with Crippen LogP contribution >= 0.6 is 0 Å². The number of esters is 1. The molecule has 1 N–H and O–H groups in total. The van der Waals surface area contributed by atoms with Gasteiger partial charge in [-0.25, -0.2) is 4.79 Å². The van der Waals surface area contributed by atoms with Crippen LogP contribution in [0.3, 0.4) is 0 Å². The Balaban J connectivity index is 2.35. The van der Waals surface area contributed by atoms with Gasteiger partial charge in [-0.2, -0.15) is 0 Å². The predicted molar refractivity (Wildman–Crippen MR) is 88.7 cm³/mol. The van der Waals surface area contributed by atoms with E-state index in [4.69, 9.17) is 9.47 Å². The van der Waals surface area contributed by atoms with Crippen molar-refractivity contribution in [1.29, 1.82) is 0 Å². The summed E-state index contributed by atoms with van der Waals surface area (Å²) in [6, 6.07) is 4.42. The summed E-state index contributed by atoms with van der Waals surface area (Å²) in [5.41, 5.74) is 0.505. The molecule has 0 radical (unpaired) electrons. The van der Waals surface area contributed by atoms with Crippen LogP contribution in [0.1, 0.15) is 18.4 Å². The average Bonchev–Trinajstić information content (AvgIpc) is 2.60. The molecule has 0 bridgehead atoms. The van der Waals surface area contributed by atoms with E-state index in [1.54, 1.807) is 6.07 Å². The summed E-state index contributed by atoms with van der Waals surface area (Å²) >= 11 is 0. The third kappa shape index (κ3) is 10.1. The summed E-state index contributed by atoms with van der Waals surface area (Å²) < 4.78 is 10.1. The maximum Gasteiger partial charge on any atom is 0.330 e. The van der Waals surface area contributed by atoms with Crippen LogP contribution < -0.4 is 4.74 Å². The van der Waals surface area contributed by atoms with Crippen LogP contribution in [-0.4, -0.2) is 47.7 Å². The molecule has 0 unspecified atom stereocenters. The molecule has 1 aromatic carbocycles. The second-order valence-corrected chi connectivity index (χ2v) is 4.90. The van der Waals surface area contributed by atoms with E-state index >= 15 is 0 Å². The highest BCUT2D eigenvalue weighted by Crippen LogP contribution is 2.27. The van der Waals surface area contributed by atoms with E-state index < -0.39 is 16.1 Å². The molecule has 0 aliphatic carbocycles. The topological polar surface area (TPSA) is 161 Å². The number of benzene rings is 1. The molecule has 1 aromatic rings. The summed E-state index contributed by atoms with van der Waals surface area (Å²) in [5.74, 6) is -0.638. The van der Waals surface area contributed by atoms with Crippen LogP contribution in [-0.2, 0) is 19.2 Å². The quantitative estimate of drug-likeness (QED) is 0.173. The predicted octanol–water partition coefficient (Wildman–Crippen LogP) is 1.52. The molecule has 0 fully saturated rings. The molecule has 0 aromatic heterocycles. The fraction of sp³-hybridized carbons (Fsp3) is 0.400. The van der Waals surface area contributed by atoms with E-state index in [1.807, 2.05) is 0 Å². The Morgan fingerprint density at radius 2 is 1.67 bits per heavy atom. The maximum absolute atomic E-state index is 11.5. The molecule has 148 valence electrons. The van der Waals surface area contributed by atoms with E-state index in [2.05, 4.69) is 9.68 Å². The third-order valence-electron chi connectivity index (χ3n) is 2.87. The largest absolute Gasteiger partial charge is 0.504 e. The van der Waals surface area contributed by atoms with Gasteiger partial charge in [-0.1, -0.05) is 6.07 Å². The first kappa shape index (κ1) is 21.5. The van der Waals surface area contributed by atoms with E-state index in [9.17, 15) is 30.1 Å². The average molecular weight is 386 g/mol. The van der Waals surface area contributed by atoms with Crippen molar-refractivity contribution >= 4 is 12.0 Å². The van der Waals surface area contributed by atoms with Crippen LogP contribution in [0.15, 0.2) is 24.3 Å². The zero-order chi connectivity index (χ0) is 20.1. The lowest BCUT2D eigenvalue weighted by Crippen LogP contribution is -2.08. The molecule has 0 atom stereocenters. The number of ether oxygens (including phenoxy) is 2. The Hall–Kier alpha value is -3.57. The fourth-order valence-electron chi connectivity index (χ4n) is 1.72. The van der Waals surface area contributed by atoms with Crippen molar-refractivity contribution in [3.63, 3.8) is 0 Å². The Morgan fingerprint density at radius 1 is 1.04 bits per heavy atom. The van der Waals surface area contributed by atoms with Gasteiger partial charge < -0.3 is 24.3 Å². The normalized spacial score (nSPS) is 10.4. The Morgan fingerprint density at radius 3 is 2.26 bits per heavy atom. The summed E-state index contributed by atoms with van der Waals surface area (Å²) in [6.07, 6.45) is 2.99. The van der Waals surface area contributed by atoms with Crippen molar-refractivity contribution in [2.24, 2.45) is 0 Å². The molecule has 1 rings (SSSR count). The van der Waals surface area contributed by atoms with Crippen LogP contribution in [0.4, 0.5) is 0 Å². The highest BCUT2D eigenvalue weighted by molar-refractivity contribution is 5.87. The molecule has 0 amide bonds. The number of hydrogen-bond donors (Lipinski definition) is 1. The van der Waals surface area contributed by atoms with E-state index in [0.29, 0.717) is 5.56 Å². The van der Waals surface area contributed by atoms with Crippen LogP contribution in [0, 0.1) is 20.2 Å². The zero-order valence-corrected chi connectivity index (χ0v) is 14.1. The van der Waals surface area contributed by atoms with Crippen molar-refractivity contribution in [2.75, 3.05) is 26.4 Å².